The summed E-state index contributed by atoms with van der Waals surface area (Å²) >= 11 is 1.30. The molecule has 6 nitrogen and oxygen atoms in total. The SMILES string of the molecule is CCOC(=O)c1cc2cc(S(=O)(=O)NC3CCNCC3C)ccc2s1. The van der Waals surface area contributed by atoms with E-state index >= 15 is 0 Å². The molecular formula is C17H22N2O4S2. The second kappa shape index (κ2) is 7.41. The van der Waals surface area contributed by atoms with Crippen LogP contribution < -0.4 is 10.0 Å². The van der Waals surface area contributed by atoms with Crippen LogP contribution in [0.15, 0.2) is 29.2 Å². The van der Waals surface area contributed by atoms with Crippen molar-refractivity contribution >= 4 is 37.4 Å². The van der Waals surface area contributed by atoms with E-state index in [-0.39, 0.29) is 22.8 Å². The van der Waals surface area contributed by atoms with E-state index in [0.29, 0.717) is 11.5 Å². The fraction of sp³-hybridized carbons (Fsp3) is 0.471. The van der Waals surface area contributed by atoms with Crippen molar-refractivity contribution in [2.75, 3.05) is 19.7 Å². The van der Waals surface area contributed by atoms with E-state index in [9.17, 15) is 13.2 Å². The average molecular weight is 383 g/mol. The van der Waals surface area contributed by atoms with Gasteiger partial charge in [-0.1, -0.05) is 6.92 Å². The van der Waals surface area contributed by atoms with Crippen molar-refractivity contribution in [3.63, 3.8) is 0 Å². The molecular weight excluding hydrogens is 360 g/mol. The number of benzene rings is 1. The van der Waals surface area contributed by atoms with Gasteiger partial charge in [0.05, 0.1) is 11.5 Å². The summed E-state index contributed by atoms with van der Waals surface area (Å²) in [6.45, 7) is 5.71. The van der Waals surface area contributed by atoms with E-state index in [2.05, 4.69) is 10.0 Å². The van der Waals surface area contributed by atoms with E-state index in [1.807, 2.05) is 6.92 Å². The lowest BCUT2D eigenvalue weighted by molar-refractivity contribution is 0.0532. The Labute approximate surface area is 151 Å². The molecule has 1 saturated heterocycles. The number of hydrogen-bond donors (Lipinski definition) is 2. The van der Waals surface area contributed by atoms with E-state index in [1.165, 1.54) is 11.3 Å². The van der Waals surface area contributed by atoms with Gasteiger partial charge in [-0.2, -0.15) is 0 Å². The zero-order valence-electron chi connectivity index (χ0n) is 14.2. The van der Waals surface area contributed by atoms with Crippen LogP contribution in [0.2, 0.25) is 0 Å². The van der Waals surface area contributed by atoms with Crippen molar-refractivity contribution in [1.29, 1.82) is 0 Å². The second-order valence-corrected chi connectivity index (χ2v) is 9.03. The number of nitrogens with one attached hydrogen (secondary N) is 2. The molecule has 0 spiro atoms. The van der Waals surface area contributed by atoms with Crippen molar-refractivity contribution in [3.05, 3.63) is 29.1 Å². The van der Waals surface area contributed by atoms with Crippen LogP contribution in [0.25, 0.3) is 10.1 Å². The first-order valence-electron chi connectivity index (χ1n) is 8.34. The molecule has 0 bridgehead atoms. The largest absolute Gasteiger partial charge is 0.462 e. The van der Waals surface area contributed by atoms with Gasteiger partial charge in [0.25, 0.3) is 0 Å². The minimum Gasteiger partial charge on any atom is -0.462 e. The highest BCUT2D eigenvalue weighted by Crippen LogP contribution is 2.29. The topological polar surface area (TPSA) is 84.5 Å². The summed E-state index contributed by atoms with van der Waals surface area (Å²) in [5, 5.41) is 3.99. The van der Waals surface area contributed by atoms with Gasteiger partial charge < -0.3 is 10.1 Å². The predicted octanol–water partition coefficient (Wildman–Crippen LogP) is 2.35. The Kier molecular flexibility index (Phi) is 5.43. The number of thiophene rings is 1. The molecule has 25 heavy (non-hydrogen) atoms. The first-order valence-corrected chi connectivity index (χ1v) is 10.6. The molecule has 0 saturated carbocycles. The van der Waals surface area contributed by atoms with Gasteiger partial charge in [-0.25, -0.2) is 17.9 Å². The van der Waals surface area contributed by atoms with Crippen LogP contribution in [0.5, 0.6) is 0 Å². The minimum atomic E-state index is -3.59. The van der Waals surface area contributed by atoms with E-state index in [1.54, 1.807) is 31.2 Å². The molecule has 1 aliphatic heterocycles. The van der Waals surface area contributed by atoms with Gasteiger partial charge in [-0.15, -0.1) is 11.3 Å². The number of fused-ring (bicyclic) bond motifs is 1. The van der Waals surface area contributed by atoms with Crippen LogP contribution in [-0.4, -0.2) is 40.1 Å². The maximum Gasteiger partial charge on any atom is 0.348 e. The third-order valence-corrected chi connectivity index (χ3v) is 6.95. The maximum absolute atomic E-state index is 12.7. The van der Waals surface area contributed by atoms with Crippen molar-refractivity contribution < 1.29 is 17.9 Å². The van der Waals surface area contributed by atoms with Crippen molar-refractivity contribution in [2.45, 2.75) is 31.2 Å². The summed E-state index contributed by atoms with van der Waals surface area (Å²) in [6.07, 6.45) is 0.772. The minimum absolute atomic E-state index is 0.0699. The quantitative estimate of drug-likeness (QED) is 0.776. The van der Waals surface area contributed by atoms with Crippen LogP contribution in [0.3, 0.4) is 0 Å². The van der Waals surface area contributed by atoms with Gasteiger partial charge in [0, 0.05) is 10.7 Å². The number of carbonyl (C=O) groups is 1. The third kappa shape index (κ3) is 4.03. The Morgan fingerprint density at radius 1 is 1.40 bits per heavy atom. The zero-order valence-corrected chi connectivity index (χ0v) is 15.9. The fourth-order valence-electron chi connectivity index (χ4n) is 2.95. The van der Waals surface area contributed by atoms with Crippen LogP contribution in [0, 0.1) is 5.92 Å². The Balaban J connectivity index is 1.85. The predicted molar refractivity (Wildman–Crippen MR) is 98.5 cm³/mol. The van der Waals surface area contributed by atoms with Gasteiger partial charge in [0.15, 0.2) is 0 Å². The average Bonchev–Trinajstić information content (AvgIpc) is 3.00. The van der Waals surface area contributed by atoms with Crippen molar-refractivity contribution in [1.82, 2.24) is 10.0 Å². The van der Waals surface area contributed by atoms with E-state index in [0.717, 1.165) is 29.6 Å². The molecule has 136 valence electrons. The normalized spacial score (nSPS) is 21.4. The molecule has 1 aliphatic rings. The summed E-state index contributed by atoms with van der Waals surface area (Å²) in [7, 11) is -3.59. The molecule has 2 N–H and O–H groups in total. The highest BCUT2D eigenvalue weighted by Gasteiger charge is 2.27. The molecule has 0 radical (unpaired) electrons. The molecule has 1 aromatic carbocycles. The number of rotatable bonds is 5. The lowest BCUT2D eigenvalue weighted by atomic mass is 9.97. The number of piperidine rings is 1. The molecule has 2 unspecified atom stereocenters. The van der Waals surface area contributed by atoms with Crippen molar-refractivity contribution in [2.24, 2.45) is 5.92 Å². The number of sulfonamides is 1. The Hall–Kier alpha value is -1.48. The smallest absolute Gasteiger partial charge is 0.348 e. The highest BCUT2D eigenvalue weighted by atomic mass is 32.2. The molecule has 8 heteroatoms. The summed E-state index contributed by atoms with van der Waals surface area (Å²) in [6, 6.07) is 6.55. The van der Waals surface area contributed by atoms with Gasteiger partial charge in [0.1, 0.15) is 4.88 Å². The number of ether oxygens (including phenoxy) is 1. The van der Waals surface area contributed by atoms with Crippen molar-refractivity contribution in [3.8, 4) is 0 Å². The standard InChI is InChI=1S/C17H22N2O4S2/c1-3-23-17(20)16-9-12-8-13(4-5-15(12)24-16)25(21,22)19-14-6-7-18-10-11(14)2/h4-5,8-9,11,14,18-19H,3,6-7,10H2,1-2H3. The van der Waals surface area contributed by atoms with Crippen LogP contribution in [0.4, 0.5) is 0 Å². The zero-order chi connectivity index (χ0) is 18.0. The van der Waals surface area contributed by atoms with Crippen LogP contribution >= 0.6 is 11.3 Å². The Bertz CT molecular complexity index is 876. The number of carbonyl (C=O) groups excluding carboxylic acids is 1. The monoisotopic (exact) mass is 382 g/mol. The van der Waals surface area contributed by atoms with E-state index < -0.39 is 10.0 Å². The highest BCUT2D eigenvalue weighted by molar-refractivity contribution is 7.89. The lowest BCUT2D eigenvalue weighted by Gasteiger charge is -2.29. The first-order chi connectivity index (χ1) is 11.9. The van der Waals surface area contributed by atoms with Gasteiger partial charge in [-0.3, -0.25) is 0 Å². The Morgan fingerprint density at radius 2 is 2.20 bits per heavy atom. The van der Waals surface area contributed by atoms with Gasteiger partial charge >= 0.3 is 5.97 Å². The third-order valence-electron chi connectivity index (χ3n) is 4.37. The Morgan fingerprint density at radius 3 is 2.92 bits per heavy atom. The summed E-state index contributed by atoms with van der Waals surface area (Å²) in [5.74, 6) is -0.140. The van der Waals surface area contributed by atoms with E-state index in [4.69, 9.17) is 4.74 Å². The number of esters is 1. The molecule has 1 fully saturated rings. The fourth-order valence-corrected chi connectivity index (χ4v) is 5.30. The molecule has 0 amide bonds. The first kappa shape index (κ1) is 18.3. The summed E-state index contributed by atoms with van der Waals surface area (Å²) < 4.78 is 34.1. The molecule has 3 rings (SSSR count). The molecule has 2 aromatic rings. The van der Waals surface area contributed by atoms with Gasteiger partial charge in [-0.05, 0) is 62.0 Å². The second-order valence-electron chi connectivity index (χ2n) is 6.23. The maximum atomic E-state index is 12.7. The van der Waals surface area contributed by atoms with Gasteiger partial charge in [0.2, 0.25) is 10.0 Å². The molecule has 2 atom stereocenters. The summed E-state index contributed by atoms with van der Waals surface area (Å²) in [4.78, 5) is 12.5. The molecule has 1 aromatic heterocycles. The summed E-state index contributed by atoms with van der Waals surface area (Å²) in [5.41, 5.74) is 0. The van der Waals surface area contributed by atoms with Crippen LogP contribution in [-0.2, 0) is 14.8 Å². The number of hydrogen-bond acceptors (Lipinski definition) is 6. The molecule has 0 aliphatic carbocycles. The lowest BCUT2D eigenvalue weighted by Crippen LogP contribution is -2.48. The molecule has 2 heterocycles. The van der Waals surface area contributed by atoms with Crippen LogP contribution in [0.1, 0.15) is 29.9 Å².